The Morgan fingerprint density at radius 2 is 2.05 bits per heavy atom. The summed E-state index contributed by atoms with van der Waals surface area (Å²) in [6.45, 7) is 0. The first kappa shape index (κ1) is 14.8. The highest BCUT2D eigenvalue weighted by Crippen LogP contribution is 2.24. The average Bonchev–Trinajstić information content (AvgIpc) is 2.43. The van der Waals surface area contributed by atoms with E-state index in [-0.39, 0.29) is 11.7 Å². The van der Waals surface area contributed by atoms with E-state index in [9.17, 15) is 9.18 Å². The summed E-state index contributed by atoms with van der Waals surface area (Å²) in [5.41, 5.74) is 0.820. The second-order valence-electron chi connectivity index (χ2n) is 3.93. The lowest BCUT2D eigenvalue weighted by Crippen LogP contribution is -2.12. The molecule has 0 unspecified atom stereocenters. The third-order valence-electron chi connectivity index (χ3n) is 2.58. The van der Waals surface area contributed by atoms with Gasteiger partial charge in [-0.3, -0.25) is 4.79 Å². The number of amides is 1. The van der Waals surface area contributed by atoms with Crippen LogP contribution in [0.2, 0.25) is 5.02 Å². The number of benzene rings is 2. The van der Waals surface area contributed by atoms with Gasteiger partial charge in [0, 0.05) is 21.2 Å². The molecular formula is C14H10BrClFNO2. The van der Waals surface area contributed by atoms with Gasteiger partial charge in [0.25, 0.3) is 5.91 Å². The van der Waals surface area contributed by atoms with Crippen molar-refractivity contribution in [2.24, 2.45) is 0 Å². The minimum atomic E-state index is -0.491. The Hall–Kier alpha value is -1.59. The molecule has 1 N–H and O–H groups in total. The SMILES string of the molecule is COc1cc(NC(=O)c2cc(Cl)ccc2Br)ccc1F. The maximum Gasteiger partial charge on any atom is 0.256 e. The second-order valence-corrected chi connectivity index (χ2v) is 5.22. The summed E-state index contributed by atoms with van der Waals surface area (Å²) >= 11 is 9.14. The molecule has 0 spiro atoms. The number of anilines is 1. The van der Waals surface area contributed by atoms with Crippen molar-refractivity contribution in [2.75, 3.05) is 12.4 Å². The van der Waals surface area contributed by atoms with Gasteiger partial charge in [0.2, 0.25) is 0 Å². The molecule has 0 saturated carbocycles. The fourth-order valence-electron chi connectivity index (χ4n) is 1.61. The predicted octanol–water partition coefficient (Wildman–Crippen LogP) is 4.50. The van der Waals surface area contributed by atoms with Gasteiger partial charge in [-0.25, -0.2) is 4.39 Å². The van der Waals surface area contributed by atoms with E-state index in [0.717, 1.165) is 0 Å². The van der Waals surface area contributed by atoms with Crippen LogP contribution < -0.4 is 10.1 Å². The van der Waals surface area contributed by atoms with Gasteiger partial charge in [0.15, 0.2) is 11.6 Å². The Labute approximate surface area is 128 Å². The fourth-order valence-corrected chi connectivity index (χ4v) is 2.21. The van der Waals surface area contributed by atoms with Crippen molar-refractivity contribution < 1.29 is 13.9 Å². The van der Waals surface area contributed by atoms with Crippen LogP contribution >= 0.6 is 27.5 Å². The fraction of sp³-hybridized carbons (Fsp3) is 0.0714. The smallest absolute Gasteiger partial charge is 0.256 e. The Morgan fingerprint density at radius 1 is 1.30 bits per heavy atom. The molecule has 6 heteroatoms. The monoisotopic (exact) mass is 357 g/mol. The van der Waals surface area contributed by atoms with E-state index in [2.05, 4.69) is 21.2 Å². The van der Waals surface area contributed by atoms with E-state index in [1.165, 1.54) is 25.3 Å². The van der Waals surface area contributed by atoms with Crippen molar-refractivity contribution >= 4 is 39.1 Å². The average molecular weight is 359 g/mol. The molecule has 1 amide bonds. The van der Waals surface area contributed by atoms with Crippen molar-refractivity contribution in [1.82, 2.24) is 0 Å². The van der Waals surface area contributed by atoms with E-state index in [4.69, 9.17) is 16.3 Å². The number of ether oxygens (including phenoxy) is 1. The van der Waals surface area contributed by atoms with Gasteiger partial charge in [-0.15, -0.1) is 0 Å². The highest BCUT2D eigenvalue weighted by Gasteiger charge is 2.12. The zero-order valence-electron chi connectivity index (χ0n) is 10.4. The molecule has 2 aromatic carbocycles. The van der Waals surface area contributed by atoms with Gasteiger partial charge in [-0.05, 0) is 46.3 Å². The molecule has 0 aromatic heterocycles. The Kier molecular flexibility index (Phi) is 4.62. The molecule has 2 rings (SSSR count). The van der Waals surface area contributed by atoms with Crippen LogP contribution in [0.3, 0.4) is 0 Å². The first-order valence-corrected chi connectivity index (χ1v) is 6.78. The van der Waals surface area contributed by atoms with Gasteiger partial charge >= 0.3 is 0 Å². The summed E-state index contributed by atoms with van der Waals surface area (Å²) in [5.74, 6) is -0.782. The van der Waals surface area contributed by atoms with Crippen LogP contribution in [0.25, 0.3) is 0 Å². The largest absolute Gasteiger partial charge is 0.494 e. The first-order chi connectivity index (χ1) is 9.51. The van der Waals surface area contributed by atoms with Gasteiger partial charge in [-0.2, -0.15) is 0 Å². The molecule has 0 bridgehead atoms. The van der Waals surface area contributed by atoms with E-state index in [0.29, 0.717) is 20.7 Å². The van der Waals surface area contributed by atoms with Crippen LogP contribution in [0.1, 0.15) is 10.4 Å². The highest BCUT2D eigenvalue weighted by atomic mass is 79.9. The minimum Gasteiger partial charge on any atom is -0.494 e. The quantitative estimate of drug-likeness (QED) is 0.877. The Bertz CT molecular complexity index is 664. The molecule has 0 aliphatic rings. The van der Waals surface area contributed by atoms with Crippen LogP contribution in [0.15, 0.2) is 40.9 Å². The zero-order chi connectivity index (χ0) is 14.7. The standard InChI is InChI=1S/C14H10BrClFNO2/c1-20-13-7-9(3-5-12(13)17)18-14(19)10-6-8(16)2-4-11(10)15/h2-7H,1H3,(H,18,19). The third-order valence-corrected chi connectivity index (χ3v) is 3.51. The number of methoxy groups -OCH3 is 1. The molecule has 104 valence electrons. The number of rotatable bonds is 3. The molecule has 0 heterocycles. The lowest BCUT2D eigenvalue weighted by molar-refractivity contribution is 0.102. The lowest BCUT2D eigenvalue weighted by Gasteiger charge is -2.09. The number of hydrogen-bond acceptors (Lipinski definition) is 2. The summed E-state index contributed by atoms with van der Waals surface area (Å²) < 4.78 is 18.8. The zero-order valence-corrected chi connectivity index (χ0v) is 12.8. The van der Waals surface area contributed by atoms with E-state index in [1.54, 1.807) is 18.2 Å². The van der Waals surface area contributed by atoms with Crippen LogP contribution in [0, 0.1) is 5.82 Å². The van der Waals surface area contributed by atoms with Gasteiger partial charge in [0.05, 0.1) is 12.7 Å². The van der Waals surface area contributed by atoms with Gasteiger partial charge in [-0.1, -0.05) is 11.6 Å². The number of nitrogens with one attached hydrogen (secondary N) is 1. The minimum absolute atomic E-state index is 0.0629. The summed E-state index contributed by atoms with van der Waals surface area (Å²) in [4.78, 5) is 12.1. The molecule has 3 nitrogen and oxygen atoms in total. The predicted molar refractivity (Wildman–Crippen MR) is 80.1 cm³/mol. The van der Waals surface area contributed by atoms with Crippen molar-refractivity contribution in [3.05, 3.63) is 57.3 Å². The third kappa shape index (κ3) is 3.29. The molecule has 0 atom stereocenters. The number of carbonyl (C=O) groups is 1. The van der Waals surface area contributed by atoms with Crippen LogP contribution in [-0.4, -0.2) is 13.0 Å². The summed E-state index contributed by atoms with van der Waals surface area (Å²) in [7, 11) is 1.36. The Morgan fingerprint density at radius 3 is 2.75 bits per heavy atom. The second kappa shape index (κ2) is 6.24. The summed E-state index contributed by atoms with van der Waals surface area (Å²) in [6, 6.07) is 8.98. The van der Waals surface area contributed by atoms with Crippen molar-refractivity contribution in [1.29, 1.82) is 0 Å². The van der Waals surface area contributed by atoms with E-state index in [1.807, 2.05) is 0 Å². The maximum absolute atomic E-state index is 13.3. The van der Waals surface area contributed by atoms with Crippen LogP contribution in [-0.2, 0) is 0 Å². The lowest BCUT2D eigenvalue weighted by atomic mass is 10.2. The maximum atomic E-state index is 13.3. The van der Waals surface area contributed by atoms with Crippen LogP contribution in [0.5, 0.6) is 5.75 Å². The summed E-state index contributed by atoms with van der Waals surface area (Å²) in [5, 5.41) is 3.11. The van der Waals surface area contributed by atoms with Crippen LogP contribution in [0.4, 0.5) is 10.1 Å². The molecule has 0 saturated heterocycles. The molecule has 0 radical (unpaired) electrons. The van der Waals surface area contributed by atoms with Crippen molar-refractivity contribution in [3.8, 4) is 5.75 Å². The van der Waals surface area contributed by atoms with Gasteiger partial charge < -0.3 is 10.1 Å². The van der Waals surface area contributed by atoms with Crippen molar-refractivity contribution in [2.45, 2.75) is 0 Å². The number of halogens is 3. The molecule has 0 aliphatic heterocycles. The number of hydrogen-bond donors (Lipinski definition) is 1. The topological polar surface area (TPSA) is 38.3 Å². The normalized spacial score (nSPS) is 10.2. The highest BCUT2D eigenvalue weighted by molar-refractivity contribution is 9.10. The van der Waals surface area contributed by atoms with E-state index >= 15 is 0 Å². The van der Waals surface area contributed by atoms with Crippen molar-refractivity contribution in [3.63, 3.8) is 0 Å². The molecular weight excluding hydrogens is 349 g/mol. The molecule has 0 fully saturated rings. The molecule has 0 aliphatic carbocycles. The first-order valence-electron chi connectivity index (χ1n) is 5.61. The Balaban J connectivity index is 2.25. The molecule has 2 aromatic rings. The molecule has 20 heavy (non-hydrogen) atoms. The summed E-state index contributed by atoms with van der Waals surface area (Å²) in [6.07, 6.45) is 0. The van der Waals surface area contributed by atoms with Gasteiger partial charge in [0.1, 0.15) is 0 Å². The van der Waals surface area contributed by atoms with E-state index < -0.39 is 5.82 Å². The number of carbonyl (C=O) groups excluding carboxylic acids is 1.